The molecule has 2 N–H and O–H groups in total. The fourth-order valence-corrected chi connectivity index (χ4v) is 4.59. The predicted molar refractivity (Wildman–Crippen MR) is 70.6 cm³/mol. The van der Waals surface area contributed by atoms with Crippen LogP contribution in [0, 0.1) is 0 Å². The van der Waals surface area contributed by atoms with Crippen molar-refractivity contribution in [2.45, 2.75) is 51.5 Å². The van der Waals surface area contributed by atoms with Crippen LogP contribution in [0.3, 0.4) is 0 Å². The molecule has 2 rings (SSSR count). The van der Waals surface area contributed by atoms with Gasteiger partial charge in [0.25, 0.3) is 0 Å². The number of nitrogens with two attached hydrogens (primary N) is 1. The van der Waals surface area contributed by atoms with Gasteiger partial charge in [-0.15, -0.1) is 11.3 Å². The third-order valence-corrected chi connectivity index (χ3v) is 5.30. The lowest BCUT2D eigenvalue weighted by Crippen LogP contribution is -2.34. The molecule has 0 amide bonds. The maximum atomic E-state index is 6.08. The van der Waals surface area contributed by atoms with E-state index in [1.807, 2.05) is 11.3 Å². The van der Waals surface area contributed by atoms with E-state index >= 15 is 0 Å². The number of fused-ring (bicyclic) bond motifs is 1. The molecule has 1 heterocycles. The van der Waals surface area contributed by atoms with Gasteiger partial charge in [-0.3, -0.25) is 0 Å². The molecule has 3 heteroatoms. The fourth-order valence-electron chi connectivity index (χ4n) is 2.11. The summed E-state index contributed by atoms with van der Waals surface area (Å²) in [7, 11) is 0. The number of hydrogen-bond donors (Lipinski definition) is 1. The molecule has 0 radical (unpaired) electrons. The van der Waals surface area contributed by atoms with Gasteiger partial charge in [0.15, 0.2) is 0 Å². The summed E-state index contributed by atoms with van der Waals surface area (Å²) in [6.45, 7) is 4.19. The Bertz CT molecular complexity index is 362. The second kappa shape index (κ2) is 4.19. The number of rotatable bonds is 2. The molecule has 0 fully saturated rings. The van der Waals surface area contributed by atoms with E-state index in [2.05, 4.69) is 29.8 Å². The van der Waals surface area contributed by atoms with Crippen molar-refractivity contribution in [2.75, 3.05) is 0 Å². The molecule has 1 aliphatic rings. The minimum atomic E-state index is -0.101. The predicted octanol–water partition coefficient (Wildman–Crippen LogP) is 3.67. The SMILES string of the molecule is CC(C)(N)Cc1sc2c(c1Br)CCCC2. The van der Waals surface area contributed by atoms with Crippen molar-refractivity contribution in [3.05, 3.63) is 19.8 Å². The molecule has 0 unspecified atom stereocenters. The van der Waals surface area contributed by atoms with Crippen LogP contribution in [0.2, 0.25) is 0 Å². The second-order valence-electron chi connectivity index (χ2n) is 5.11. The van der Waals surface area contributed by atoms with Crippen LogP contribution in [0.4, 0.5) is 0 Å². The molecule has 0 saturated carbocycles. The molecule has 1 aromatic rings. The summed E-state index contributed by atoms with van der Waals surface area (Å²) < 4.78 is 1.35. The molecule has 0 atom stereocenters. The third-order valence-electron chi connectivity index (χ3n) is 2.79. The average molecular weight is 288 g/mol. The quantitative estimate of drug-likeness (QED) is 0.883. The maximum Gasteiger partial charge on any atom is 0.0350 e. The van der Waals surface area contributed by atoms with E-state index in [0.717, 1.165) is 6.42 Å². The first-order valence-corrected chi connectivity index (χ1v) is 7.16. The summed E-state index contributed by atoms with van der Waals surface area (Å²) in [5.74, 6) is 0. The maximum absolute atomic E-state index is 6.08. The lowest BCUT2D eigenvalue weighted by molar-refractivity contribution is 0.520. The zero-order valence-electron chi connectivity index (χ0n) is 9.40. The van der Waals surface area contributed by atoms with Gasteiger partial charge in [-0.2, -0.15) is 0 Å². The highest BCUT2D eigenvalue weighted by molar-refractivity contribution is 9.10. The summed E-state index contributed by atoms with van der Waals surface area (Å²) >= 11 is 5.71. The summed E-state index contributed by atoms with van der Waals surface area (Å²) in [5.41, 5.74) is 7.54. The molecule has 0 bridgehead atoms. The Labute approximate surface area is 104 Å². The molecule has 0 saturated heterocycles. The zero-order valence-corrected chi connectivity index (χ0v) is 11.8. The van der Waals surface area contributed by atoms with Gasteiger partial charge in [-0.05, 0) is 61.0 Å². The number of halogens is 1. The second-order valence-corrected chi connectivity index (χ2v) is 7.10. The topological polar surface area (TPSA) is 26.0 Å². The van der Waals surface area contributed by atoms with Gasteiger partial charge in [0, 0.05) is 26.2 Å². The molecule has 15 heavy (non-hydrogen) atoms. The molecular formula is C12H18BrNS. The fraction of sp³-hybridized carbons (Fsp3) is 0.667. The monoisotopic (exact) mass is 287 g/mol. The van der Waals surface area contributed by atoms with Crippen LogP contribution in [-0.4, -0.2) is 5.54 Å². The number of aryl methyl sites for hydroxylation is 1. The first-order valence-electron chi connectivity index (χ1n) is 5.55. The highest BCUT2D eigenvalue weighted by Gasteiger charge is 2.22. The minimum Gasteiger partial charge on any atom is -0.325 e. The highest BCUT2D eigenvalue weighted by Crippen LogP contribution is 2.39. The number of hydrogen-bond acceptors (Lipinski definition) is 2. The van der Waals surface area contributed by atoms with E-state index in [1.165, 1.54) is 35.0 Å². The van der Waals surface area contributed by atoms with Crippen LogP contribution in [0.1, 0.15) is 42.0 Å². The Hall–Kier alpha value is 0.140. The first-order chi connectivity index (χ1) is 6.97. The van der Waals surface area contributed by atoms with Crippen molar-refractivity contribution < 1.29 is 0 Å². The lowest BCUT2D eigenvalue weighted by atomic mass is 9.97. The Morgan fingerprint density at radius 3 is 2.60 bits per heavy atom. The zero-order chi connectivity index (χ0) is 11.1. The Balaban J connectivity index is 2.29. The Morgan fingerprint density at radius 2 is 2.00 bits per heavy atom. The smallest absolute Gasteiger partial charge is 0.0350 e. The molecule has 84 valence electrons. The van der Waals surface area contributed by atoms with Crippen LogP contribution < -0.4 is 5.73 Å². The Kier molecular flexibility index (Phi) is 3.25. The minimum absolute atomic E-state index is 0.101. The van der Waals surface area contributed by atoms with Crippen molar-refractivity contribution in [3.8, 4) is 0 Å². The molecule has 1 nitrogen and oxygen atoms in total. The van der Waals surface area contributed by atoms with E-state index in [-0.39, 0.29) is 5.54 Å². The summed E-state index contributed by atoms with van der Waals surface area (Å²) in [4.78, 5) is 3.03. The van der Waals surface area contributed by atoms with Gasteiger partial charge >= 0.3 is 0 Å². The van der Waals surface area contributed by atoms with Crippen molar-refractivity contribution in [2.24, 2.45) is 5.73 Å². The normalized spacial score (nSPS) is 16.5. The Morgan fingerprint density at radius 1 is 1.33 bits per heavy atom. The van der Waals surface area contributed by atoms with Gasteiger partial charge in [0.05, 0.1) is 0 Å². The molecule has 0 aromatic carbocycles. The summed E-state index contributed by atoms with van der Waals surface area (Å²) in [6, 6.07) is 0. The highest BCUT2D eigenvalue weighted by atomic mass is 79.9. The standard InChI is InChI=1S/C12H18BrNS/c1-12(2,14)7-10-11(13)8-5-3-4-6-9(8)15-10/h3-7,14H2,1-2H3. The van der Waals surface area contributed by atoms with Crippen LogP contribution >= 0.6 is 27.3 Å². The van der Waals surface area contributed by atoms with E-state index in [1.54, 1.807) is 10.4 Å². The average Bonchev–Trinajstić information content (AvgIpc) is 2.42. The number of thiophene rings is 1. The van der Waals surface area contributed by atoms with E-state index in [0.29, 0.717) is 0 Å². The van der Waals surface area contributed by atoms with Crippen LogP contribution in [0.5, 0.6) is 0 Å². The van der Waals surface area contributed by atoms with Gasteiger partial charge in [-0.25, -0.2) is 0 Å². The van der Waals surface area contributed by atoms with Crippen LogP contribution in [-0.2, 0) is 19.3 Å². The molecular weight excluding hydrogens is 270 g/mol. The van der Waals surface area contributed by atoms with Crippen molar-refractivity contribution in [3.63, 3.8) is 0 Å². The van der Waals surface area contributed by atoms with Crippen molar-refractivity contribution >= 4 is 27.3 Å². The molecule has 1 aliphatic carbocycles. The molecule has 0 spiro atoms. The largest absolute Gasteiger partial charge is 0.325 e. The van der Waals surface area contributed by atoms with E-state index in [4.69, 9.17) is 5.73 Å². The first kappa shape index (κ1) is 11.6. The van der Waals surface area contributed by atoms with Gasteiger partial charge < -0.3 is 5.73 Å². The van der Waals surface area contributed by atoms with Crippen molar-refractivity contribution in [1.82, 2.24) is 0 Å². The van der Waals surface area contributed by atoms with Gasteiger partial charge in [0.2, 0.25) is 0 Å². The van der Waals surface area contributed by atoms with Crippen molar-refractivity contribution in [1.29, 1.82) is 0 Å². The molecule has 0 aliphatic heterocycles. The summed E-state index contributed by atoms with van der Waals surface area (Å²) in [5, 5.41) is 0. The van der Waals surface area contributed by atoms with Crippen LogP contribution in [0.25, 0.3) is 0 Å². The molecule has 1 aromatic heterocycles. The van der Waals surface area contributed by atoms with Gasteiger partial charge in [-0.1, -0.05) is 0 Å². The van der Waals surface area contributed by atoms with Crippen LogP contribution in [0.15, 0.2) is 4.47 Å². The van der Waals surface area contributed by atoms with E-state index in [9.17, 15) is 0 Å². The van der Waals surface area contributed by atoms with E-state index < -0.39 is 0 Å². The lowest BCUT2D eigenvalue weighted by Gasteiger charge is -2.17. The van der Waals surface area contributed by atoms with Gasteiger partial charge in [0.1, 0.15) is 0 Å². The summed E-state index contributed by atoms with van der Waals surface area (Å²) in [6.07, 6.45) is 6.19. The third kappa shape index (κ3) is 2.63.